The number of thioether (sulfide) groups is 1. The summed E-state index contributed by atoms with van der Waals surface area (Å²) in [5, 5.41) is 7.81. The second-order valence-corrected chi connectivity index (χ2v) is 4.85. The molecule has 0 bridgehead atoms. The van der Waals surface area contributed by atoms with E-state index in [4.69, 9.17) is 27.5 Å². The molecular weight excluding hydrogens is 284 g/mol. The lowest BCUT2D eigenvalue weighted by molar-refractivity contribution is -0.483. The van der Waals surface area contributed by atoms with Crippen molar-refractivity contribution in [2.24, 2.45) is 5.73 Å². The van der Waals surface area contributed by atoms with E-state index in [2.05, 4.69) is 5.43 Å². The van der Waals surface area contributed by atoms with Gasteiger partial charge in [0.05, 0.1) is 12.0 Å². The van der Waals surface area contributed by atoms with E-state index in [0.29, 0.717) is 16.5 Å². The molecule has 4 N–H and O–H groups in total. The number of rotatable bonds is 5. The van der Waals surface area contributed by atoms with Crippen molar-refractivity contribution in [3.63, 3.8) is 0 Å². The highest BCUT2D eigenvalue weighted by atomic mass is 35.5. The van der Waals surface area contributed by atoms with Crippen LogP contribution in [0.1, 0.15) is 13.3 Å². The molecule has 104 valence electrons. The largest absolute Gasteiger partial charge is 0.494 e. The lowest BCUT2D eigenvalue weighted by atomic mass is 10.3. The number of benzene rings is 1. The molecule has 0 spiro atoms. The fourth-order valence-electron chi connectivity index (χ4n) is 1.58. The monoisotopic (exact) mass is 301 g/mol. The molecule has 0 radical (unpaired) electrons. The van der Waals surface area contributed by atoms with Gasteiger partial charge in [-0.3, -0.25) is 5.41 Å². The average molecular weight is 302 g/mol. The standard InChI is InChI=1S/C12H18ClN4OS/c1-4-7-17(16-12(14)15)8-5-6-9(19-3)11(18-2)10(8)13/h5-7H,4H2,1-3H3,(H4,14,15,16)/q+1. The Morgan fingerprint density at radius 2 is 2.32 bits per heavy atom. The second-order valence-electron chi connectivity index (χ2n) is 3.62. The molecule has 0 atom stereocenters. The van der Waals surface area contributed by atoms with Gasteiger partial charge >= 0.3 is 0 Å². The Morgan fingerprint density at radius 1 is 1.63 bits per heavy atom. The Kier molecular flexibility index (Phi) is 5.98. The summed E-state index contributed by atoms with van der Waals surface area (Å²) in [5.74, 6) is 0.459. The molecule has 1 aromatic carbocycles. The summed E-state index contributed by atoms with van der Waals surface area (Å²) in [7, 11) is 1.58. The predicted molar refractivity (Wildman–Crippen MR) is 81.1 cm³/mol. The van der Waals surface area contributed by atoms with Crippen LogP contribution in [0.2, 0.25) is 5.02 Å². The first-order valence-corrected chi connectivity index (χ1v) is 7.29. The first-order valence-electron chi connectivity index (χ1n) is 5.68. The Bertz CT molecular complexity index is 505. The summed E-state index contributed by atoms with van der Waals surface area (Å²) in [6.07, 6.45) is 4.57. The number of nitrogens with zero attached hydrogens (tertiary/aromatic N) is 1. The van der Waals surface area contributed by atoms with E-state index in [1.807, 2.05) is 31.5 Å². The Balaban J connectivity index is 3.32. The van der Waals surface area contributed by atoms with E-state index in [1.54, 1.807) is 23.6 Å². The van der Waals surface area contributed by atoms with Crippen LogP contribution in [-0.4, -0.2) is 30.2 Å². The molecule has 0 amide bonds. The number of hydrogen-bond donors (Lipinski definition) is 3. The van der Waals surface area contributed by atoms with Gasteiger partial charge in [0.25, 0.3) is 5.69 Å². The summed E-state index contributed by atoms with van der Waals surface area (Å²) < 4.78 is 6.96. The van der Waals surface area contributed by atoms with Crippen molar-refractivity contribution >= 4 is 41.2 Å². The van der Waals surface area contributed by atoms with Gasteiger partial charge < -0.3 is 10.5 Å². The number of nitrogens with two attached hydrogens (primary N) is 1. The van der Waals surface area contributed by atoms with Crippen LogP contribution >= 0.6 is 23.4 Å². The zero-order valence-electron chi connectivity index (χ0n) is 11.2. The first kappa shape index (κ1) is 15.7. The van der Waals surface area contributed by atoms with Crippen LogP contribution in [0.4, 0.5) is 5.69 Å². The molecule has 0 aliphatic heterocycles. The molecule has 0 saturated carbocycles. The fourth-order valence-corrected chi connectivity index (χ4v) is 2.55. The summed E-state index contributed by atoms with van der Waals surface area (Å²) in [5.41, 5.74) is 8.78. The topological polar surface area (TPSA) is 74.1 Å². The van der Waals surface area contributed by atoms with Crippen LogP contribution in [0.25, 0.3) is 0 Å². The molecule has 7 heteroatoms. The minimum atomic E-state index is -0.159. The molecule has 1 rings (SSSR count). The SMILES string of the molecule is CCC=[N+](NC(=N)N)c1ccc(SC)c(OC)c1Cl. The quantitative estimate of drug-likeness (QED) is 0.257. The van der Waals surface area contributed by atoms with Gasteiger partial charge in [-0.1, -0.05) is 23.2 Å². The van der Waals surface area contributed by atoms with Crippen LogP contribution in [0.15, 0.2) is 17.0 Å². The van der Waals surface area contributed by atoms with Crippen LogP contribution in [0.5, 0.6) is 5.75 Å². The molecule has 0 heterocycles. The molecule has 0 unspecified atom stereocenters. The molecular formula is C12H18ClN4OS+. The van der Waals surface area contributed by atoms with Crippen LogP contribution in [-0.2, 0) is 0 Å². The number of nitrogens with one attached hydrogen (secondary N) is 2. The van der Waals surface area contributed by atoms with E-state index in [0.717, 1.165) is 11.3 Å². The highest BCUT2D eigenvalue weighted by Gasteiger charge is 2.21. The number of guanidine groups is 1. The van der Waals surface area contributed by atoms with Crippen LogP contribution < -0.4 is 15.9 Å². The van der Waals surface area contributed by atoms with Crippen molar-refractivity contribution in [3.8, 4) is 5.75 Å². The zero-order valence-corrected chi connectivity index (χ0v) is 12.7. The second kappa shape index (κ2) is 7.25. The lowest BCUT2D eigenvalue weighted by Crippen LogP contribution is -2.37. The fraction of sp³-hybridized carbons (Fsp3) is 0.333. The minimum absolute atomic E-state index is 0.159. The van der Waals surface area contributed by atoms with Crippen LogP contribution in [0.3, 0.4) is 0 Å². The lowest BCUT2D eigenvalue weighted by Gasteiger charge is -2.10. The van der Waals surface area contributed by atoms with E-state index in [-0.39, 0.29) is 5.96 Å². The van der Waals surface area contributed by atoms with Gasteiger partial charge in [0, 0.05) is 12.5 Å². The third-order valence-electron chi connectivity index (χ3n) is 2.33. The van der Waals surface area contributed by atoms with Crippen LogP contribution in [0, 0.1) is 5.41 Å². The summed E-state index contributed by atoms with van der Waals surface area (Å²) >= 11 is 7.91. The highest BCUT2D eigenvalue weighted by molar-refractivity contribution is 7.98. The van der Waals surface area contributed by atoms with Gasteiger partial charge in [-0.05, 0) is 12.3 Å². The summed E-state index contributed by atoms with van der Waals surface area (Å²) in [6.45, 7) is 1.98. The maximum absolute atomic E-state index is 7.33. The van der Waals surface area contributed by atoms with Gasteiger partial charge in [-0.15, -0.1) is 17.2 Å². The molecule has 5 nitrogen and oxygen atoms in total. The normalized spacial score (nSPS) is 11.3. The van der Waals surface area contributed by atoms with E-state index >= 15 is 0 Å². The summed E-state index contributed by atoms with van der Waals surface area (Å²) in [6, 6.07) is 3.78. The van der Waals surface area contributed by atoms with Crippen molar-refractivity contribution < 1.29 is 9.42 Å². The predicted octanol–water partition coefficient (Wildman–Crippen LogP) is 2.59. The molecule has 0 aliphatic carbocycles. The van der Waals surface area contributed by atoms with E-state index in [1.165, 1.54) is 0 Å². The maximum atomic E-state index is 7.33. The Morgan fingerprint density at radius 3 is 2.79 bits per heavy atom. The van der Waals surface area contributed by atoms with Gasteiger partial charge in [0.15, 0.2) is 17.0 Å². The molecule has 19 heavy (non-hydrogen) atoms. The average Bonchev–Trinajstić information content (AvgIpc) is 2.37. The van der Waals surface area contributed by atoms with Gasteiger partial charge in [0.2, 0.25) is 5.96 Å². The first-order chi connectivity index (χ1) is 9.04. The van der Waals surface area contributed by atoms with Crippen molar-refractivity contribution in [2.75, 3.05) is 13.4 Å². The molecule has 0 saturated heterocycles. The molecule has 0 aliphatic rings. The summed E-state index contributed by atoms with van der Waals surface area (Å²) in [4.78, 5) is 0.954. The third kappa shape index (κ3) is 3.78. The van der Waals surface area contributed by atoms with Crippen molar-refractivity contribution in [2.45, 2.75) is 18.2 Å². The number of hydrogen-bond acceptors (Lipinski definition) is 3. The van der Waals surface area contributed by atoms with E-state index in [9.17, 15) is 0 Å². The van der Waals surface area contributed by atoms with Gasteiger partial charge in [-0.25, -0.2) is 0 Å². The number of halogens is 1. The number of ether oxygens (including phenoxy) is 1. The Labute approximate surface area is 122 Å². The van der Waals surface area contributed by atoms with Crippen molar-refractivity contribution in [1.29, 1.82) is 5.41 Å². The Hall–Kier alpha value is -1.40. The number of hydrazine groups is 1. The van der Waals surface area contributed by atoms with Crippen molar-refractivity contribution in [3.05, 3.63) is 17.2 Å². The van der Waals surface area contributed by atoms with E-state index < -0.39 is 0 Å². The van der Waals surface area contributed by atoms with Gasteiger partial charge in [-0.2, -0.15) is 0 Å². The van der Waals surface area contributed by atoms with Crippen molar-refractivity contribution in [1.82, 2.24) is 5.43 Å². The third-order valence-corrected chi connectivity index (χ3v) is 3.46. The zero-order chi connectivity index (χ0) is 14.4. The maximum Gasteiger partial charge on any atom is 0.257 e. The highest BCUT2D eigenvalue weighted by Crippen LogP contribution is 2.40. The minimum Gasteiger partial charge on any atom is -0.494 e. The molecule has 1 aromatic rings. The smallest absolute Gasteiger partial charge is 0.257 e. The molecule has 0 aromatic heterocycles. The number of methoxy groups -OCH3 is 1. The van der Waals surface area contributed by atoms with Gasteiger partial charge in [0.1, 0.15) is 0 Å². The number of hydrazone groups is 1. The molecule has 0 fully saturated rings.